The number of nitrogens with one attached hydrogen (secondary N) is 1. The third-order valence-electron chi connectivity index (χ3n) is 2.99. The third-order valence-corrected chi connectivity index (χ3v) is 4.10. The summed E-state index contributed by atoms with van der Waals surface area (Å²) in [6.07, 6.45) is 1.17. The zero-order valence-corrected chi connectivity index (χ0v) is 12.1. The van der Waals surface area contributed by atoms with Crippen molar-refractivity contribution in [3.63, 3.8) is 0 Å². The van der Waals surface area contributed by atoms with Gasteiger partial charge in [-0.05, 0) is 42.8 Å². The fourth-order valence-electron chi connectivity index (χ4n) is 1.93. The number of rotatable bonds is 4. The maximum atomic E-state index is 13.2. The van der Waals surface area contributed by atoms with Crippen LogP contribution >= 0.6 is 0 Å². The van der Waals surface area contributed by atoms with Crippen LogP contribution in [0.3, 0.4) is 0 Å². The standard InChI is InChI=1S/C15H16FNO2S/c1-11(12-5-3-6-13(16)9-12)17-14-7-4-8-15(10-14)20(2,18)19/h3-11,17H,1-2H3. The van der Waals surface area contributed by atoms with Crippen LogP contribution in [-0.2, 0) is 9.84 Å². The molecule has 0 heterocycles. The Hall–Kier alpha value is -1.88. The number of hydrogen-bond donors (Lipinski definition) is 1. The molecule has 0 bridgehead atoms. The van der Waals surface area contributed by atoms with Gasteiger partial charge < -0.3 is 5.32 Å². The topological polar surface area (TPSA) is 46.2 Å². The Morgan fingerprint density at radius 3 is 2.45 bits per heavy atom. The van der Waals surface area contributed by atoms with Crippen LogP contribution in [0.5, 0.6) is 0 Å². The zero-order valence-electron chi connectivity index (χ0n) is 11.3. The Labute approximate surface area is 118 Å². The van der Waals surface area contributed by atoms with E-state index in [1.54, 1.807) is 30.3 Å². The Balaban J connectivity index is 2.22. The van der Waals surface area contributed by atoms with Gasteiger partial charge in [0.1, 0.15) is 5.82 Å². The maximum Gasteiger partial charge on any atom is 0.175 e. The minimum atomic E-state index is -3.23. The van der Waals surface area contributed by atoms with Crippen molar-refractivity contribution in [2.75, 3.05) is 11.6 Å². The molecule has 3 nitrogen and oxygen atoms in total. The van der Waals surface area contributed by atoms with Crippen molar-refractivity contribution in [1.29, 1.82) is 0 Å². The van der Waals surface area contributed by atoms with Crippen LogP contribution in [0.1, 0.15) is 18.5 Å². The summed E-state index contributed by atoms with van der Waals surface area (Å²) >= 11 is 0. The highest BCUT2D eigenvalue weighted by Gasteiger charge is 2.10. The van der Waals surface area contributed by atoms with Crippen molar-refractivity contribution >= 4 is 15.5 Å². The predicted molar refractivity (Wildman–Crippen MR) is 78.0 cm³/mol. The third kappa shape index (κ3) is 3.57. The predicted octanol–water partition coefficient (Wildman–Crippen LogP) is 3.40. The van der Waals surface area contributed by atoms with E-state index in [-0.39, 0.29) is 16.8 Å². The van der Waals surface area contributed by atoms with Gasteiger partial charge in [-0.3, -0.25) is 0 Å². The second kappa shape index (κ2) is 5.63. The van der Waals surface area contributed by atoms with Crippen molar-refractivity contribution in [2.24, 2.45) is 0 Å². The molecule has 0 fully saturated rings. The summed E-state index contributed by atoms with van der Waals surface area (Å²) < 4.78 is 36.2. The van der Waals surface area contributed by atoms with Gasteiger partial charge in [-0.1, -0.05) is 18.2 Å². The van der Waals surface area contributed by atoms with Gasteiger partial charge in [-0.25, -0.2) is 12.8 Å². The molecule has 1 N–H and O–H groups in total. The van der Waals surface area contributed by atoms with Crippen molar-refractivity contribution in [3.8, 4) is 0 Å². The molecule has 2 rings (SSSR count). The largest absolute Gasteiger partial charge is 0.378 e. The monoisotopic (exact) mass is 293 g/mol. The summed E-state index contributed by atoms with van der Waals surface area (Å²) in [7, 11) is -3.23. The van der Waals surface area contributed by atoms with Gasteiger partial charge in [0.2, 0.25) is 0 Å². The molecule has 0 amide bonds. The van der Waals surface area contributed by atoms with Crippen molar-refractivity contribution in [1.82, 2.24) is 0 Å². The Morgan fingerprint density at radius 1 is 1.10 bits per heavy atom. The first kappa shape index (κ1) is 14.5. The van der Waals surface area contributed by atoms with Crippen LogP contribution in [0, 0.1) is 5.82 Å². The number of halogens is 1. The van der Waals surface area contributed by atoms with Gasteiger partial charge in [-0.15, -0.1) is 0 Å². The highest BCUT2D eigenvalue weighted by Crippen LogP contribution is 2.22. The molecule has 0 radical (unpaired) electrons. The number of sulfone groups is 1. The number of benzene rings is 2. The molecular formula is C15H16FNO2S. The van der Waals surface area contributed by atoms with Gasteiger partial charge in [0.25, 0.3) is 0 Å². The Morgan fingerprint density at radius 2 is 1.80 bits per heavy atom. The molecule has 2 aromatic carbocycles. The van der Waals surface area contributed by atoms with E-state index in [0.29, 0.717) is 5.69 Å². The molecule has 0 spiro atoms. The Bertz CT molecular complexity index is 713. The van der Waals surface area contributed by atoms with E-state index in [4.69, 9.17) is 0 Å². The minimum Gasteiger partial charge on any atom is -0.378 e. The van der Waals surface area contributed by atoms with Gasteiger partial charge in [0.05, 0.1) is 4.90 Å². The van der Waals surface area contributed by atoms with Crippen LogP contribution < -0.4 is 5.32 Å². The fraction of sp³-hybridized carbons (Fsp3) is 0.200. The van der Waals surface area contributed by atoms with Gasteiger partial charge in [0, 0.05) is 18.0 Å². The molecule has 5 heteroatoms. The number of hydrogen-bond acceptors (Lipinski definition) is 3. The minimum absolute atomic E-state index is 0.125. The lowest BCUT2D eigenvalue weighted by molar-refractivity contribution is 0.602. The summed E-state index contributed by atoms with van der Waals surface area (Å²) in [5.41, 5.74) is 1.49. The summed E-state index contributed by atoms with van der Waals surface area (Å²) in [5.74, 6) is -0.291. The summed E-state index contributed by atoms with van der Waals surface area (Å²) in [4.78, 5) is 0.258. The van der Waals surface area contributed by atoms with Gasteiger partial charge in [0.15, 0.2) is 9.84 Å². The molecule has 0 aliphatic carbocycles. The van der Waals surface area contributed by atoms with Crippen LogP contribution in [-0.4, -0.2) is 14.7 Å². The van der Waals surface area contributed by atoms with E-state index in [1.165, 1.54) is 18.4 Å². The smallest absolute Gasteiger partial charge is 0.175 e. The molecule has 0 aliphatic heterocycles. The van der Waals surface area contributed by atoms with E-state index in [9.17, 15) is 12.8 Å². The summed E-state index contributed by atoms with van der Waals surface area (Å²) in [6.45, 7) is 1.89. The van der Waals surface area contributed by atoms with E-state index in [1.807, 2.05) is 13.0 Å². The molecule has 106 valence electrons. The van der Waals surface area contributed by atoms with Crippen molar-refractivity contribution in [2.45, 2.75) is 17.9 Å². The van der Waals surface area contributed by atoms with E-state index < -0.39 is 9.84 Å². The molecule has 0 aliphatic rings. The molecule has 0 saturated heterocycles. The van der Waals surface area contributed by atoms with E-state index >= 15 is 0 Å². The summed E-state index contributed by atoms with van der Waals surface area (Å²) in [5, 5.41) is 3.17. The van der Waals surface area contributed by atoms with Gasteiger partial charge in [-0.2, -0.15) is 0 Å². The molecule has 1 unspecified atom stereocenters. The SMILES string of the molecule is CC(Nc1cccc(S(C)(=O)=O)c1)c1cccc(F)c1. The molecular weight excluding hydrogens is 277 g/mol. The number of anilines is 1. The lowest BCUT2D eigenvalue weighted by Gasteiger charge is -2.16. The molecule has 0 aromatic heterocycles. The van der Waals surface area contributed by atoms with Crippen LogP contribution in [0.2, 0.25) is 0 Å². The molecule has 20 heavy (non-hydrogen) atoms. The second-order valence-corrected chi connectivity index (χ2v) is 6.74. The highest BCUT2D eigenvalue weighted by atomic mass is 32.2. The quantitative estimate of drug-likeness (QED) is 0.939. The van der Waals surface area contributed by atoms with E-state index in [0.717, 1.165) is 5.56 Å². The van der Waals surface area contributed by atoms with E-state index in [2.05, 4.69) is 5.32 Å². The maximum absolute atomic E-state index is 13.2. The summed E-state index contributed by atoms with van der Waals surface area (Å²) in [6, 6.07) is 12.8. The molecule has 2 aromatic rings. The lowest BCUT2D eigenvalue weighted by Crippen LogP contribution is -2.07. The van der Waals surface area contributed by atoms with Crippen LogP contribution in [0.4, 0.5) is 10.1 Å². The van der Waals surface area contributed by atoms with Crippen molar-refractivity contribution in [3.05, 3.63) is 59.9 Å². The van der Waals surface area contributed by atoms with Gasteiger partial charge >= 0.3 is 0 Å². The van der Waals surface area contributed by atoms with Crippen LogP contribution in [0.15, 0.2) is 53.4 Å². The first-order valence-electron chi connectivity index (χ1n) is 6.18. The molecule has 1 atom stereocenters. The first-order valence-corrected chi connectivity index (χ1v) is 8.07. The first-order chi connectivity index (χ1) is 9.36. The van der Waals surface area contributed by atoms with Crippen molar-refractivity contribution < 1.29 is 12.8 Å². The fourth-order valence-corrected chi connectivity index (χ4v) is 2.59. The average molecular weight is 293 g/mol. The second-order valence-electron chi connectivity index (χ2n) is 4.72. The molecule has 0 saturated carbocycles. The van der Waals surface area contributed by atoms with Crippen LogP contribution in [0.25, 0.3) is 0 Å². The lowest BCUT2D eigenvalue weighted by atomic mass is 10.1. The highest BCUT2D eigenvalue weighted by molar-refractivity contribution is 7.90. The zero-order chi connectivity index (χ0) is 14.8. The normalized spacial score (nSPS) is 12.9. The Kier molecular flexibility index (Phi) is 4.09. The average Bonchev–Trinajstić information content (AvgIpc) is 2.38.